The number of halogens is 1. The summed E-state index contributed by atoms with van der Waals surface area (Å²) in [6.07, 6.45) is 3.64. The average Bonchev–Trinajstić information content (AvgIpc) is 3.00. The Morgan fingerprint density at radius 1 is 1.56 bits per heavy atom. The molecule has 0 aromatic carbocycles. The second-order valence-corrected chi connectivity index (χ2v) is 6.13. The molecule has 1 saturated carbocycles. The first-order valence-electron chi connectivity index (χ1n) is 5.82. The molecule has 0 aliphatic heterocycles. The van der Waals surface area contributed by atoms with Gasteiger partial charge in [-0.15, -0.1) is 11.3 Å². The Kier molecular flexibility index (Phi) is 4.25. The van der Waals surface area contributed by atoms with E-state index >= 15 is 0 Å². The Morgan fingerprint density at radius 3 is 2.81 bits per heavy atom. The van der Waals surface area contributed by atoms with E-state index in [0.29, 0.717) is 5.92 Å². The molecule has 1 aliphatic carbocycles. The van der Waals surface area contributed by atoms with E-state index in [4.69, 9.17) is 22.1 Å². The van der Waals surface area contributed by atoms with Gasteiger partial charge in [-0.3, -0.25) is 0 Å². The summed E-state index contributed by atoms with van der Waals surface area (Å²) < 4.78 is 6.59. The molecule has 2 nitrogen and oxygen atoms in total. The van der Waals surface area contributed by atoms with Crippen LogP contribution in [0.2, 0.25) is 4.34 Å². The molecule has 1 aromatic rings. The van der Waals surface area contributed by atoms with Gasteiger partial charge in [0.2, 0.25) is 0 Å². The summed E-state index contributed by atoms with van der Waals surface area (Å²) in [5.41, 5.74) is 6.22. The van der Waals surface area contributed by atoms with E-state index in [2.05, 4.69) is 6.07 Å². The van der Waals surface area contributed by atoms with Crippen LogP contribution in [0.15, 0.2) is 12.1 Å². The predicted molar refractivity (Wildman–Crippen MR) is 69.1 cm³/mol. The standard InChI is InChI=1S/C12H18ClNOS/c1-2-15-12(8-3-4-8)10(14)7-9-5-6-11(13)16-9/h5-6,8,10,12H,2-4,7,14H2,1H3. The molecule has 0 amide bonds. The van der Waals surface area contributed by atoms with Gasteiger partial charge in [0.15, 0.2) is 0 Å². The summed E-state index contributed by atoms with van der Waals surface area (Å²) in [4.78, 5) is 1.25. The molecule has 2 unspecified atom stereocenters. The smallest absolute Gasteiger partial charge is 0.0931 e. The maximum atomic E-state index is 6.22. The van der Waals surface area contributed by atoms with Crippen molar-refractivity contribution in [3.8, 4) is 0 Å². The molecule has 1 aliphatic rings. The Balaban J connectivity index is 1.91. The lowest BCUT2D eigenvalue weighted by atomic mass is 10.0. The fraction of sp³-hybridized carbons (Fsp3) is 0.667. The van der Waals surface area contributed by atoms with Crippen LogP contribution in [0.3, 0.4) is 0 Å². The molecule has 2 atom stereocenters. The molecule has 0 spiro atoms. The number of thiophene rings is 1. The molecular formula is C12H18ClNOS. The van der Waals surface area contributed by atoms with E-state index < -0.39 is 0 Å². The largest absolute Gasteiger partial charge is 0.377 e. The van der Waals surface area contributed by atoms with Crippen LogP contribution >= 0.6 is 22.9 Å². The molecule has 0 radical (unpaired) electrons. The van der Waals surface area contributed by atoms with Crippen molar-refractivity contribution in [3.63, 3.8) is 0 Å². The van der Waals surface area contributed by atoms with Crippen LogP contribution < -0.4 is 5.73 Å². The van der Waals surface area contributed by atoms with E-state index in [1.807, 2.05) is 13.0 Å². The van der Waals surface area contributed by atoms with Gasteiger partial charge in [0.05, 0.1) is 10.4 Å². The van der Waals surface area contributed by atoms with Gasteiger partial charge in [-0.1, -0.05) is 11.6 Å². The molecular weight excluding hydrogens is 242 g/mol. The second-order valence-electron chi connectivity index (χ2n) is 4.33. The lowest BCUT2D eigenvalue weighted by Crippen LogP contribution is -2.40. The van der Waals surface area contributed by atoms with Crippen molar-refractivity contribution in [2.24, 2.45) is 11.7 Å². The van der Waals surface area contributed by atoms with Crippen molar-refractivity contribution in [1.29, 1.82) is 0 Å². The van der Waals surface area contributed by atoms with Crippen molar-refractivity contribution in [2.75, 3.05) is 6.61 Å². The first kappa shape index (κ1) is 12.4. The van der Waals surface area contributed by atoms with Crippen molar-refractivity contribution in [3.05, 3.63) is 21.3 Å². The molecule has 4 heteroatoms. The summed E-state index contributed by atoms with van der Waals surface area (Å²) in [7, 11) is 0. The molecule has 0 saturated heterocycles. The quantitative estimate of drug-likeness (QED) is 0.852. The van der Waals surface area contributed by atoms with Crippen molar-refractivity contribution >= 4 is 22.9 Å². The number of hydrogen-bond acceptors (Lipinski definition) is 3. The normalized spacial score (nSPS) is 19.7. The zero-order valence-corrected chi connectivity index (χ0v) is 11.1. The van der Waals surface area contributed by atoms with E-state index in [-0.39, 0.29) is 12.1 Å². The lowest BCUT2D eigenvalue weighted by molar-refractivity contribution is 0.0289. The highest BCUT2D eigenvalue weighted by Gasteiger charge is 2.35. The van der Waals surface area contributed by atoms with Crippen molar-refractivity contribution in [1.82, 2.24) is 0 Å². The monoisotopic (exact) mass is 259 g/mol. The van der Waals surface area contributed by atoms with Gasteiger partial charge >= 0.3 is 0 Å². The average molecular weight is 260 g/mol. The lowest BCUT2D eigenvalue weighted by Gasteiger charge is -2.23. The van der Waals surface area contributed by atoms with Gasteiger partial charge in [0.1, 0.15) is 0 Å². The highest BCUT2D eigenvalue weighted by molar-refractivity contribution is 7.16. The third-order valence-electron chi connectivity index (χ3n) is 2.93. The highest BCUT2D eigenvalue weighted by Crippen LogP contribution is 2.36. The van der Waals surface area contributed by atoms with Gasteiger partial charge < -0.3 is 10.5 Å². The molecule has 0 bridgehead atoms. The van der Waals surface area contributed by atoms with Gasteiger partial charge in [-0.2, -0.15) is 0 Å². The summed E-state index contributed by atoms with van der Waals surface area (Å²) in [6, 6.07) is 4.09. The molecule has 1 heterocycles. The first-order valence-corrected chi connectivity index (χ1v) is 7.01. The fourth-order valence-electron chi connectivity index (χ4n) is 2.04. The molecule has 16 heavy (non-hydrogen) atoms. The third kappa shape index (κ3) is 3.20. The highest BCUT2D eigenvalue weighted by atomic mass is 35.5. The Labute approximate surface area is 106 Å². The van der Waals surface area contributed by atoms with Crippen LogP contribution in [0, 0.1) is 5.92 Å². The Morgan fingerprint density at radius 2 is 2.31 bits per heavy atom. The van der Waals surface area contributed by atoms with Gasteiger partial charge in [-0.05, 0) is 44.2 Å². The van der Waals surface area contributed by atoms with Crippen LogP contribution in [0.1, 0.15) is 24.6 Å². The minimum Gasteiger partial charge on any atom is -0.377 e. The maximum absolute atomic E-state index is 6.22. The molecule has 90 valence electrons. The summed E-state index contributed by atoms with van der Waals surface area (Å²) >= 11 is 7.52. The number of nitrogens with two attached hydrogens (primary N) is 1. The van der Waals surface area contributed by atoms with Crippen LogP contribution in [0.25, 0.3) is 0 Å². The summed E-state index contributed by atoms with van der Waals surface area (Å²) in [5.74, 6) is 0.686. The zero-order valence-electron chi connectivity index (χ0n) is 9.49. The van der Waals surface area contributed by atoms with Gasteiger partial charge in [-0.25, -0.2) is 0 Å². The minimum atomic E-state index is 0.0992. The number of rotatable bonds is 6. The van der Waals surface area contributed by atoms with Gasteiger partial charge in [0, 0.05) is 17.5 Å². The van der Waals surface area contributed by atoms with Gasteiger partial charge in [0.25, 0.3) is 0 Å². The van der Waals surface area contributed by atoms with Crippen LogP contribution in [-0.4, -0.2) is 18.8 Å². The van der Waals surface area contributed by atoms with E-state index in [9.17, 15) is 0 Å². The third-order valence-corrected chi connectivity index (χ3v) is 4.19. The molecule has 1 aromatic heterocycles. The maximum Gasteiger partial charge on any atom is 0.0931 e. The fourth-order valence-corrected chi connectivity index (χ4v) is 3.20. The first-order chi connectivity index (χ1) is 7.70. The number of ether oxygens (including phenoxy) is 1. The Bertz CT molecular complexity index is 338. The van der Waals surface area contributed by atoms with Crippen molar-refractivity contribution < 1.29 is 4.74 Å². The van der Waals surface area contributed by atoms with Crippen LogP contribution in [0.5, 0.6) is 0 Å². The zero-order chi connectivity index (χ0) is 11.5. The van der Waals surface area contributed by atoms with Crippen LogP contribution in [0.4, 0.5) is 0 Å². The topological polar surface area (TPSA) is 35.2 Å². The molecule has 1 fully saturated rings. The van der Waals surface area contributed by atoms with Crippen LogP contribution in [-0.2, 0) is 11.2 Å². The summed E-state index contributed by atoms with van der Waals surface area (Å²) in [5, 5.41) is 0. The Hall–Kier alpha value is -0.0900. The predicted octanol–water partition coefficient (Wildman–Crippen LogP) is 3.09. The van der Waals surface area contributed by atoms with E-state index in [1.54, 1.807) is 11.3 Å². The summed E-state index contributed by atoms with van der Waals surface area (Å²) in [6.45, 7) is 2.78. The van der Waals surface area contributed by atoms with Crippen molar-refractivity contribution in [2.45, 2.75) is 38.3 Å². The minimum absolute atomic E-state index is 0.0992. The second kappa shape index (κ2) is 5.50. The van der Waals surface area contributed by atoms with E-state index in [0.717, 1.165) is 17.4 Å². The molecule has 2 N–H and O–H groups in total. The number of hydrogen-bond donors (Lipinski definition) is 1. The SMILES string of the molecule is CCOC(C(N)Cc1ccc(Cl)s1)C1CC1. The van der Waals surface area contributed by atoms with E-state index in [1.165, 1.54) is 17.7 Å². The molecule has 2 rings (SSSR count).